The number of rotatable bonds is 7. The van der Waals surface area contributed by atoms with Crippen molar-refractivity contribution in [1.29, 1.82) is 0 Å². The van der Waals surface area contributed by atoms with E-state index < -0.39 is 8.38 Å². The van der Waals surface area contributed by atoms with Gasteiger partial charge in [-0.3, -0.25) is 4.99 Å². The van der Waals surface area contributed by atoms with Crippen molar-refractivity contribution in [3.63, 3.8) is 0 Å². The monoisotopic (exact) mass is 239 g/mol. The summed E-state index contributed by atoms with van der Waals surface area (Å²) in [5.74, 6) is 0. The predicted octanol–water partition coefficient (Wildman–Crippen LogP) is 3.45. The van der Waals surface area contributed by atoms with E-state index in [9.17, 15) is 0 Å². The largest absolute Gasteiger partial charge is 0.333 e. The second-order valence-electron chi connectivity index (χ2n) is 3.03. The minimum atomic E-state index is -0.855. The van der Waals surface area contributed by atoms with Crippen molar-refractivity contribution in [2.24, 2.45) is 4.99 Å². The van der Waals surface area contributed by atoms with Gasteiger partial charge in [0.1, 0.15) is 6.29 Å². The second-order valence-corrected chi connectivity index (χ2v) is 4.50. The van der Waals surface area contributed by atoms with E-state index in [-0.39, 0.29) is 0 Å². The van der Waals surface area contributed by atoms with Gasteiger partial charge in [0.25, 0.3) is 0 Å². The Morgan fingerprint density at radius 3 is 2.31 bits per heavy atom. The normalized spacial score (nSPS) is 11.4. The lowest BCUT2D eigenvalue weighted by Crippen LogP contribution is -1.93. The molecule has 0 saturated carbocycles. The van der Waals surface area contributed by atoms with Crippen molar-refractivity contribution in [3.05, 3.63) is 35.9 Å². The standard InChI is InChI=1S/C12H18NO2P/c1-3-14-16(15-4-2)11-13-10-12-8-6-5-7-9-12/h5-10H,3-4,11H2,1-2H3/b13-10+. The van der Waals surface area contributed by atoms with Gasteiger partial charge in [0.15, 0.2) is 8.38 Å². The summed E-state index contributed by atoms with van der Waals surface area (Å²) in [6, 6.07) is 10.0. The first kappa shape index (κ1) is 13.3. The molecule has 0 atom stereocenters. The van der Waals surface area contributed by atoms with Crippen molar-refractivity contribution in [3.8, 4) is 0 Å². The third kappa shape index (κ3) is 5.36. The fourth-order valence-corrected chi connectivity index (χ4v) is 2.19. The zero-order valence-corrected chi connectivity index (χ0v) is 10.7. The van der Waals surface area contributed by atoms with E-state index in [1.54, 1.807) is 0 Å². The van der Waals surface area contributed by atoms with Crippen LogP contribution in [-0.2, 0) is 9.05 Å². The number of aliphatic imine (C=N–C) groups is 1. The molecule has 1 aromatic rings. The van der Waals surface area contributed by atoms with Gasteiger partial charge in [0.2, 0.25) is 0 Å². The number of benzene rings is 1. The van der Waals surface area contributed by atoms with Crippen LogP contribution in [0.5, 0.6) is 0 Å². The van der Waals surface area contributed by atoms with Crippen molar-refractivity contribution in [2.45, 2.75) is 13.8 Å². The molecule has 3 nitrogen and oxygen atoms in total. The molecule has 0 radical (unpaired) electrons. The number of hydrogen-bond donors (Lipinski definition) is 0. The molecule has 0 bridgehead atoms. The van der Waals surface area contributed by atoms with Crippen LogP contribution in [0.3, 0.4) is 0 Å². The average Bonchev–Trinajstić information content (AvgIpc) is 2.31. The lowest BCUT2D eigenvalue weighted by Gasteiger charge is -2.12. The Kier molecular flexibility index (Phi) is 6.98. The highest BCUT2D eigenvalue weighted by molar-refractivity contribution is 7.47. The molecule has 0 aliphatic heterocycles. The van der Waals surface area contributed by atoms with Crippen LogP contribution < -0.4 is 0 Å². The van der Waals surface area contributed by atoms with Crippen LogP contribution in [0.2, 0.25) is 0 Å². The van der Waals surface area contributed by atoms with E-state index in [2.05, 4.69) is 4.99 Å². The predicted molar refractivity (Wildman–Crippen MR) is 69.1 cm³/mol. The quantitative estimate of drug-likeness (QED) is 0.539. The maximum absolute atomic E-state index is 5.45. The Hall–Kier alpha value is -0.760. The first-order valence-electron chi connectivity index (χ1n) is 5.45. The maximum Gasteiger partial charge on any atom is 0.193 e. The van der Waals surface area contributed by atoms with Gasteiger partial charge in [-0.2, -0.15) is 0 Å². The molecular weight excluding hydrogens is 221 g/mol. The van der Waals surface area contributed by atoms with Gasteiger partial charge in [-0.25, -0.2) is 0 Å². The van der Waals surface area contributed by atoms with Gasteiger partial charge >= 0.3 is 0 Å². The van der Waals surface area contributed by atoms with Crippen LogP contribution in [0.25, 0.3) is 0 Å². The van der Waals surface area contributed by atoms with E-state index in [4.69, 9.17) is 9.05 Å². The highest BCUT2D eigenvalue weighted by Gasteiger charge is 2.06. The van der Waals surface area contributed by atoms with Gasteiger partial charge in [0, 0.05) is 6.21 Å². The van der Waals surface area contributed by atoms with E-state index in [1.807, 2.05) is 50.4 Å². The summed E-state index contributed by atoms with van der Waals surface area (Å²) < 4.78 is 10.9. The fourth-order valence-electron chi connectivity index (χ4n) is 1.16. The highest BCUT2D eigenvalue weighted by atomic mass is 31.2. The Morgan fingerprint density at radius 1 is 1.12 bits per heavy atom. The summed E-state index contributed by atoms with van der Waals surface area (Å²) in [6.07, 6.45) is 2.46. The van der Waals surface area contributed by atoms with Gasteiger partial charge in [-0.15, -0.1) is 0 Å². The highest BCUT2D eigenvalue weighted by Crippen LogP contribution is 2.37. The van der Waals surface area contributed by atoms with Crippen LogP contribution in [0, 0.1) is 0 Å². The third-order valence-corrected chi connectivity index (χ3v) is 3.27. The van der Waals surface area contributed by atoms with Crippen molar-refractivity contribution < 1.29 is 9.05 Å². The summed E-state index contributed by atoms with van der Waals surface area (Å²) in [4.78, 5) is 4.33. The molecule has 0 saturated heterocycles. The lowest BCUT2D eigenvalue weighted by molar-refractivity contribution is 0.270. The molecule has 16 heavy (non-hydrogen) atoms. The van der Waals surface area contributed by atoms with E-state index in [1.165, 1.54) is 0 Å². The van der Waals surface area contributed by atoms with Crippen molar-refractivity contribution in [1.82, 2.24) is 0 Å². The molecule has 0 aliphatic rings. The Morgan fingerprint density at radius 2 is 1.75 bits per heavy atom. The summed E-state index contributed by atoms with van der Waals surface area (Å²) in [5.41, 5.74) is 1.10. The summed E-state index contributed by atoms with van der Waals surface area (Å²) >= 11 is 0. The molecule has 0 aliphatic carbocycles. The van der Waals surface area contributed by atoms with E-state index in [0.717, 1.165) is 5.56 Å². The van der Waals surface area contributed by atoms with Crippen LogP contribution >= 0.6 is 8.38 Å². The Bertz CT molecular complexity index is 297. The molecule has 88 valence electrons. The number of nitrogens with zero attached hydrogens (tertiary/aromatic N) is 1. The van der Waals surface area contributed by atoms with Crippen LogP contribution in [0.1, 0.15) is 19.4 Å². The fraction of sp³-hybridized carbons (Fsp3) is 0.417. The average molecular weight is 239 g/mol. The van der Waals surface area contributed by atoms with Crippen molar-refractivity contribution in [2.75, 3.05) is 19.5 Å². The Balaban J connectivity index is 2.39. The minimum Gasteiger partial charge on any atom is -0.333 e. The van der Waals surface area contributed by atoms with Gasteiger partial charge in [-0.1, -0.05) is 30.3 Å². The van der Waals surface area contributed by atoms with E-state index >= 15 is 0 Å². The molecule has 0 heterocycles. The molecule has 0 amide bonds. The SMILES string of the molecule is CCOP(C/N=C/c1ccccc1)OCC. The maximum atomic E-state index is 5.45. The first-order valence-corrected chi connectivity index (χ1v) is 6.81. The molecule has 0 N–H and O–H groups in total. The molecule has 1 rings (SSSR count). The molecular formula is C12H18NO2P. The second kappa shape index (κ2) is 8.40. The van der Waals surface area contributed by atoms with Crippen LogP contribution in [0.4, 0.5) is 0 Å². The van der Waals surface area contributed by atoms with Crippen molar-refractivity contribution >= 4 is 14.6 Å². The summed E-state index contributed by atoms with van der Waals surface area (Å²) in [5, 5.41) is 0. The third-order valence-electron chi connectivity index (χ3n) is 1.78. The zero-order chi connectivity index (χ0) is 11.6. The summed E-state index contributed by atoms with van der Waals surface area (Å²) in [7, 11) is -0.855. The number of hydrogen-bond acceptors (Lipinski definition) is 3. The van der Waals surface area contributed by atoms with Gasteiger partial charge in [0.05, 0.1) is 13.2 Å². The van der Waals surface area contributed by atoms with Crippen LogP contribution in [0.15, 0.2) is 35.3 Å². The molecule has 4 heteroatoms. The zero-order valence-electron chi connectivity index (χ0n) is 9.80. The molecule has 0 fully saturated rings. The molecule has 1 aromatic carbocycles. The Labute approximate surface area is 98.4 Å². The van der Waals surface area contributed by atoms with Crippen LogP contribution in [-0.4, -0.2) is 25.7 Å². The first-order chi connectivity index (χ1) is 7.86. The van der Waals surface area contributed by atoms with Gasteiger partial charge < -0.3 is 9.05 Å². The lowest BCUT2D eigenvalue weighted by atomic mass is 10.2. The molecule has 0 unspecified atom stereocenters. The van der Waals surface area contributed by atoms with Gasteiger partial charge in [-0.05, 0) is 19.4 Å². The smallest absolute Gasteiger partial charge is 0.193 e. The van der Waals surface area contributed by atoms with E-state index in [0.29, 0.717) is 19.5 Å². The molecule has 0 spiro atoms. The molecule has 0 aromatic heterocycles. The minimum absolute atomic E-state index is 0.603. The summed E-state index contributed by atoms with van der Waals surface area (Å²) in [6.45, 7) is 5.28. The topological polar surface area (TPSA) is 30.8 Å².